The van der Waals surface area contributed by atoms with Gasteiger partial charge in [0.05, 0.1) is 0 Å². The van der Waals surface area contributed by atoms with E-state index in [2.05, 4.69) is 21.5 Å². The van der Waals surface area contributed by atoms with Gasteiger partial charge in [-0.2, -0.15) is 0 Å². The van der Waals surface area contributed by atoms with Crippen LogP contribution in [0.25, 0.3) is 0 Å². The second-order valence-electron chi connectivity index (χ2n) is 6.20. The van der Waals surface area contributed by atoms with Crippen molar-refractivity contribution in [2.24, 2.45) is 0 Å². The molecule has 0 heterocycles. The van der Waals surface area contributed by atoms with Crippen molar-refractivity contribution >= 4 is 34.8 Å². The lowest BCUT2D eigenvalue weighted by Crippen LogP contribution is -2.44. The van der Waals surface area contributed by atoms with Crippen LogP contribution in [0.3, 0.4) is 0 Å². The molecule has 6 nitrogen and oxygen atoms in total. The summed E-state index contributed by atoms with van der Waals surface area (Å²) in [6.07, 6.45) is 0.136. The van der Waals surface area contributed by atoms with E-state index in [0.29, 0.717) is 10.7 Å². The zero-order valence-electron chi connectivity index (χ0n) is 15.7. The van der Waals surface area contributed by atoms with Crippen LogP contribution < -0.4 is 21.5 Å². The Labute approximate surface area is 164 Å². The van der Waals surface area contributed by atoms with Crippen LogP contribution in [0, 0.1) is 20.8 Å². The summed E-state index contributed by atoms with van der Waals surface area (Å²) in [5.41, 5.74) is 9.80. The van der Waals surface area contributed by atoms with E-state index in [9.17, 15) is 9.59 Å². The summed E-state index contributed by atoms with van der Waals surface area (Å²) in [4.78, 5) is 24.0. The fourth-order valence-electron chi connectivity index (χ4n) is 2.44. The molecule has 0 saturated carbocycles. The van der Waals surface area contributed by atoms with E-state index in [1.807, 2.05) is 57.2 Å². The van der Waals surface area contributed by atoms with Crippen molar-refractivity contribution in [1.82, 2.24) is 16.2 Å². The van der Waals surface area contributed by atoms with Crippen LogP contribution in [0.15, 0.2) is 42.5 Å². The summed E-state index contributed by atoms with van der Waals surface area (Å²) in [7, 11) is 0. The van der Waals surface area contributed by atoms with E-state index in [-0.39, 0.29) is 24.8 Å². The number of rotatable bonds is 5. The van der Waals surface area contributed by atoms with Crippen molar-refractivity contribution in [3.05, 3.63) is 64.7 Å². The standard InChI is InChI=1S/C20H24N4O2S/c1-13-8-6-10-17(15(13)3)22-20(27)24-23-18(25)11-12-21-19(26)16-9-5-4-7-14(16)2/h4-10H,11-12H2,1-3H3,(H,21,26)(H,23,25)(H2,22,24,27). The molecule has 2 aromatic carbocycles. The molecule has 0 aliphatic rings. The molecule has 0 saturated heterocycles. The lowest BCUT2D eigenvalue weighted by Gasteiger charge is -2.14. The first-order chi connectivity index (χ1) is 12.9. The molecule has 0 fully saturated rings. The predicted octanol–water partition coefficient (Wildman–Crippen LogP) is 2.75. The molecule has 0 aliphatic heterocycles. The summed E-state index contributed by atoms with van der Waals surface area (Å²) < 4.78 is 0. The Balaban J connectivity index is 1.71. The Morgan fingerprint density at radius 2 is 1.63 bits per heavy atom. The first-order valence-corrected chi connectivity index (χ1v) is 9.05. The van der Waals surface area contributed by atoms with Gasteiger partial charge in [0.2, 0.25) is 5.91 Å². The van der Waals surface area contributed by atoms with Crippen LogP contribution in [-0.4, -0.2) is 23.5 Å². The third-order valence-electron chi connectivity index (χ3n) is 4.20. The molecular formula is C20H24N4O2S. The smallest absolute Gasteiger partial charge is 0.251 e. The van der Waals surface area contributed by atoms with Gasteiger partial charge in [0.25, 0.3) is 5.91 Å². The van der Waals surface area contributed by atoms with E-state index in [1.165, 1.54) is 0 Å². The van der Waals surface area contributed by atoms with Gasteiger partial charge in [-0.3, -0.25) is 20.4 Å². The van der Waals surface area contributed by atoms with Crippen molar-refractivity contribution in [1.29, 1.82) is 0 Å². The average Bonchev–Trinajstić information content (AvgIpc) is 2.64. The number of hydrogen-bond acceptors (Lipinski definition) is 3. The van der Waals surface area contributed by atoms with E-state index < -0.39 is 0 Å². The van der Waals surface area contributed by atoms with Gasteiger partial charge >= 0.3 is 0 Å². The van der Waals surface area contributed by atoms with Crippen molar-refractivity contribution < 1.29 is 9.59 Å². The lowest BCUT2D eigenvalue weighted by molar-refractivity contribution is -0.121. The van der Waals surface area contributed by atoms with E-state index in [0.717, 1.165) is 22.4 Å². The number of benzene rings is 2. The number of amides is 2. The molecule has 27 heavy (non-hydrogen) atoms. The zero-order chi connectivity index (χ0) is 19.8. The maximum Gasteiger partial charge on any atom is 0.251 e. The molecule has 2 amide bonds. The zero-order valence-corrected chi connectivity index (χ0v) is 16.5. The maximum atomic E-state index is 12.1. The average molecular weight is 385 g/mol. The van der Waals surface area contributed by atoms with Crippen LogP contribution in [0.2, 0.25) is 0 Å². The van der Waals surface area contributed by atoms with Crippen molar-refractivity contribution in [2.75, 3.05) is 11.9 Å². The number of hydrazine groups is 1. The Kier molecular flexibility index (Phi) is 7.31. The summed E-state index contributed by atoms with van der Waals surface area (Å²) >= 11 is 5.18. The third kappa shape index (κ3) is 6.07. The number of carbonyl (C=O) groups is 2. The fraction of sp³-hybridized carbons (Fsp3) is 0.250. The number of hydrogen-bond donors (Lipinski definition) is 4. The summed E-state index contributed by atoms with van der Waals surface area (Å²) in [6, 6.07) is 13.2. The van der Waals surface area contributed by atoms with Crippen molar-refractivity contribution in [3.63, 3.8) is 0 Å². The SMILES string of the molecule is Cc1ccccc1C(=O)NCCC(=O)NNC(=S)Nc1cccc(C)c1C. The lowest BCUT2D eigenvalue weighted by atomic mass is 10.1. The molecule has 0 spiro atoms. The second-order valence-corrected chi connectivity index (χ2v) is 6.60. The molecular weight excluding hydrogens is 360 g/mol. The molecule has 4 N–H and O–H groups in total. The van der Waals surface area contributed by atoms with Crippen molar-refractivity contribution in [2.45, 2.75) is 27.2 Å². The minimum atomic E-state index is -0.273. The largest absolute Gasteiger partial charge is 0.352 e. The second kappa shape index (κ2) is 9.68. The molecule has 0 unspecified atom stereocenters. The van der Waals surface area contributed by atoms with Crippen LogP contribution in [-0.2, 0) is 4.79 Å². The van der Waals surface area contributed by atoms with Gasteiger partial charge in [0.1, 0.15) is 0 Å². The maximum absolute atomic E-state index is 12.1. The molecule has 0 aliphatic carbocycles. The molecule has 2 aromatic rings. The van der Waals surface area contributed by atoms with Gasteiger partial charge in [0, 0.05) is 24.2 Å². The molecule has 0 aromatic heterocycles. The number of carbonyl (C=O) groups excluding carboxylic acids is 2. The van der Waals surface area contributed by atoms with Crippen LogP contribution in [0.4, 0.5) is 5.69 Å². The predicted molar refractivity (Wildman–Crippen MR) is 112 cm³/mol. The third-order valence-corrected chi connectivity index (χ3v) is 4.40. The van der Waals surface area contributed by atoms with Gasteiger partial charge in [-0.25, -0.2) is 0 Å². The molecule has 0 radical (unpaired) electrons. The monoisotopic (exact) mass is 384 g/mol. The Hall–Kier alpha value is -2.93. The molecule has 0 atom stereocenters. The van der Waals surface area contributed by atoms with Crippen LogP contribution >= 0.6 is 12.2 Å². The molecule has 2 rings (SSSR count). The Morgan fingerprint density at radius 1 is 0.926 bits per heavy atom. The van der Waals surface area contributed by atoms with Gasteiger partial charge in [-0.05, 0) is 61.8 Å². The number of thiocarbonyl (C=S) groups is 1. The normalized spacial score (nSPS) is 10.0. The van der Waals surface area contributed by atoms with E-state index >= 15 is 0 Å². The van der Waals surface area contributed by atoms with Gasteiger partial charge in [0.15, 0.2) is 5.11 Å². The quantitative estimate of drug-likeness (QED) is 0.471. The van der Waals surface area contributed by atoms with E-state index in [1.54, 1.807) is 6.07 Å². The van der Waals surface area contributed by atoms with Gasteiger partial charge in [-0.1, -0.05) is 30.3 Å². The highest BCUT2D eigenvalue weighted by atomic mass is 32.1. The number of anilines is 1. The highest BCUT2D eigenvalue weighted by Crippen LogP contribution is 2.17. The number of nitrogens with one attached hydrogen (secondary N) is 4. The minimum absolute atomic E-state index is 0.136. The minimum Gasteiger partial charge on any atom is -0.352 e. The first-order valence-electron chi connectivity index (χ1n) is 8.64. The highest BCUT2D eigenvalue weighted by Gasteiger charge is 2.09. The number of aryl methyl sites for hydroxylation is 2. The Bertz CT molecular complexity index is 852. The molecule has 7 heteroatoms. The van der Waals surface area contributed by atoms with E-state index in [4.69, 9.17) is 12.2 Å². The summed E-state index contributed by atoms with van der Waals surface area (Å²) in [5.74, 6) is -0.467. The Morgan fingerprint density at radius 3 is 2.37 bits per heavy atom. The van der Waals surface area contributed by atoms with Crippen molar-refractivity contribution in [3.8, 4) is 0 Å². The summed E-state index contributed by atoms with van der Waals surface area (Å²) in [5, 5.41) is 6.07. The first kappa shape index (κ1) is 20.4. The molecule has 0 bridgehead atoms. The van der Waals surface area contributed by atoms with Crippen LogP contribution in [0.1, 0.15) is 33.5 Å². The van der Waals surface area contributed by atoms with Gasteiger partial charge < -0.3 is 10.6 Å². The fourth-order valence-corrected chi connectivity index (χ4v) is 2.60. The van der Waals surface area contributed by atoms with Crippen LogP contribution in [0.5, 0.6) is 0 Å². The highest BCUT2D eigenvalue weighted by molar-refractivity contribution is 7.80. The summed E-state index contributed by atoms with van der Waals surface area (Å²) in [6.45, 7) is 6.12. The topological polar surface area (TPSA) is 82.3 Å². The van der Waals surface area contributed by atoms with Gasteiger partial charge in [-0.15, -0.1) is 0 Å². The molecule has 142 valence electrons.